The summed E-state index contributed by atoms with van der Waals surface area (Å²) in [6, 6.07) is 12.4. The van der Waals surface area contributed by atoms with Crippen LogP contribution in [0.15, 0.2) is 41.8 Å². The molecule has 2 aromatic rings. The number of carbonyl (C=O) groups excluding carboxylic acids is 1. The molecule has 0 fully saturated rings. The first-order valence-corrected chi connectivity index (χ1v) is 8.65. The van der Waals surface area contributed by atoms with E-state index in [0.717, 1.165) is 18.5 Å². The maximum atomic E-state index is 12.7. The molecule has 110 valence electrons. The molecule has 21 heavy (non-hydrogen) atoms. The summed E-state index contributed by atoms with van der Waals surface area (Å²) in [5.41, 5.74) is 2.46. The van der Waals surface area contributed by atoms with Crippen molar-refractivity contribution in [2.45, 2.75) is 31.1 Å². The molecule has 3 rings (SSSR count). The first-order chi connectivity index (χ1) is 10.2. The third-order valence-corrected chi connectivity index (χ3v) is 5.52. The minimum absolute atomic E-state index is 0.145. The summed E-state index contributed by atoms with van der Waals surface area (Å²) in [7, 11) is 0. The second-order valence-corrected chi connectivity index (χ2v) is 7.09. The van der Waals surface area contributed by atoms with Crippen LogP contribution in [0.3, 0.4) is 0 Å². The molecular weight excluding hydrogens is 298 g/mol. The normalized spacial score (nSPS) is 19.1. The lowest BCUT2D eigenvalue weighted by molar-refractivity contribution is -0.133. The van der Waals surface area contributed by atoms with Gasteiger partial charge in [0.05, 0.1) is 11.3 Å². The van der Waals surface area contributed by atoms with Crippen LogP contribution in [0.2, 0.25) is 0 Å². The average Bonchev–Trinajstić information content (AvgIpc) is 2.97. The van der Waals surface area contributed by atoms with E-state index < -0.39 is 0 Å². The van der Waals surface area contributed by atoms with Crippen LogP contribution < -0.4 is 0 Å². The lowest BCUT2D eigenvalue weighted by Crippen LogP contribution is -2.42. The number of fused-ring (bicyclic) bond motifs is 1. The van der Waals surface area contributed by atoms with E-state index in [9.17, 15) is 4.79 Å². The Kier molecular flexibility index (Phi) is 4.36. The van der Waals surface area contributed by atoms with Crippen LogP contribution in [0.5, 0.6) is 0 Å². The third-order valence-electron chi connectivity index (χ3n) is 4.12. The molecule has 2 nitrogen and oxygen atoms in total. The fourth-order valence-electron chi connectivity index (χ4n) is 2.93. The van der Waals surface area contributed by atoms with Gasteiger partial charge in [-0.1, -0.05) is 30.3 Å². The lowest BCUT2D eigenvalue weighted by Gasteiger charge is -2.35. The predicted molar refractivity (Wildman–Crippen MR) is 91.1 cm³/mol. The van der Waals surface area contributed by atoms with Gasteiger partial charge in [-0.05, 0) is 42.3 Å². The van der Waals surface area contributed by atoms with Crippen molar-refractivity contribution in [2.75, 3.05) is 6.54 Å². The highest BCUT2D eigenvalue weighted by atomic mass is 32.1. The SMILES string of the molecule is CC1c2ccsc2CCN1C(=O)C(S)Cc1ccccc1. The van der Waals surface area contributed by atoms with E-state index in [1.807, 2.05) is 35.2 Å². The Labute approximate surface area is 135 Å². The van der Waals surface area contributed by atoms with Gasteiger partial charge >= 0.3 is 0 Å². The molecular formula is C17H19NOS2. The highest BCUT2D eigenvalue weighted by Crippen LogP contribution is 2.33. The fraction of sp³-hybridized carbons (Fsp3) is 0.353. The van der Waals surface area contributed by atoms with E-state index in [1.54, 1.807) is 11.3 Å². The van der Waals surface area contributed by atoms with Gasteiger partial charge in [0.2, 0.25) is 5.91 Å². The molecule has 1 aromatic heterocycles. The topological polar surface area (TPSA) is 20.3 Å². The molecule has 0 bridgehead atoms. The highest BCUT2D eigenvalue weighted by Gasteiger charge is 2.31. The van der Waals surface area contributed by atoms with E-state index in [1.165, 1.54) is 10.4 Å². The van der Waals surface area contributed by atoms with Crippen LogP contribution in [0.25, 0.3) is 0 Å². The minimum atomic E-state index is -0.268. The summed E-state index contributed by atoms with van der Waals surface area (Å²) < 4.78 is 0. The molecule has 0 spiro atoms. The Bertz CT molecular complexity index is 623. The Morgan fingerprint density at radius 3 is 2.90 bits per heavy atom. The van der Waals surface area contributed by atoms with Gasteiger partial charge < -0.3 is 4.90 Å². The lowest BCUT2D eigenvalue weighted by atomic mass is 10.00. The van der Waals surface area contributed by atoms with Crippen molar-refractivity contribution < 1.29 is 4.79 Å². The van der Waals surface area contributed by atoms with Gasteiger partial charge in [0.15, 0.2) is 0 Å². The van der Waals surface area contributed by atoms with Crippen molar-refractivity contribution in [2.24, 2.45) is 0 Å². The quantitative estimate of drug-likeness (QED) is 0.855. The second kappa shape index (κ2) is 6.24. The van der Waals surface area contributed by atoms with Crippen molar-refractivity contribution in [1.82, 2.24) is 4.90 Å². The van der Waals surface area contributed by atoms with Crippen molar-refractivity contribution in [3.63, 3.8) is 0 Å². The molecule has 2 heterocycles. The Morgan fingerprint density at radius 1 is 1.38 bits per heavy atom. The van der Waals surface area contributed by atoms with E-state index >= 15 is 0 Å². The number of benzene rings is 1. The number of nitrogens with zero attached hydrogens (tertiary/aromatic N) is 1. The summed E-state index contributed by atoms with van der Waals surface area (Å²) in [5, 5.41) is 1.85. The largest absolute Gasteiger partial charge is 0.335 e. The number of thiophene rings is 1. The van der Waals surface area contributed by atoms with Crippen LogP contribution in [-0.2, 0) is 17.6 Å². The summed E-state index contributed by atoms with van der Waals surface area (Å²) >= 11 is 6.35. The molecule has 0 saturated heterocycles. The standard InChI is InChI=1S/C17H19NOS2/c1-12-14-8-10-21-16(14)7-9-18(12)17(19)15(20)11-13-5-3-2-4-6-13/h2-6,8,10,12,15,20H,7,9,11H2,1H3. The van der Waals surface area contributed by atoms with Crippen molar-refractivity contribution in [3.05, 3.63) is 57.8 Å². The number of hydrogen-bond donors (Lipinski definition) is 1. The summed E-state index contributed by atoms with van der Waals surface area (Å²) in [4.78, 5) is 16.1. The molecule has 0 N–H and O–H groups in total. The molecule has 2 atom stereocenters. The second-order valence-electron chi connectivity index (χ2n) is 5.46. The maximum absolute atomic E-state index is 12.7. The molecule has 1 aliphatic heterocycles. The van der Waals surface area contributed by atoms with Gasteiger partial charge in [-0.3, -0.25) is 4.79 Å². The zero-order chi connectivity index (χ0) is 14.8. The number of hydrogen-bond acceptors (Lipinski definition) is 3. The fourth-order valence-corrected chi connectivity index (χ4v) is 4.25. The highest BCUT2D eigenvalue weighted by molar-refractivity contribution is 7.81. The molecule has 4 heteroatoms. The minimum Gasteiger partial charge on any atom is -0.335 e. The number of thiol groups is 1. The molecule has 1 aliphatic rings. The molecule has 2 unspecified atom stereocenters. The first kappa shape index (κ1) is 14.7. The number of amides is 1. The summed E-state index contributed by atoms with van der Waals surface area (Å²) in [6.07, 6.45) is 1.65. The Morgan fingerprint density at radius 2 is 2.14 bits per heavy atom. The molecule has 0 aliphatic carbocycles. The van der Waals surface area contributed by atoms with Crippen LogP contribution in [0, 0.1) is 0 Å². The van der Waals surface area contributed by atoms with Crippen molar-refractivity contribution in [1.29, 1.82) is 0 Å². The van der Waals surface area contributed by atoms with Gasteiger partial charge in [-0.2, -0.15) is 12.6 Å². The van der Waals surface area contributed by atoms with Crippen LogP contribution in [0.1, 0.15) is 29.0 Å². The molecule has 1 aromatic carbocycles. The van der Waals surface area contributed by atoms with E-state index in [4.69, 9.17) is 0 Å². The van der Waals surface area contributed by atoms with Crippen LogP contribution >= 0.6 is 24.0 Å². The van der Waals surface area contributed by atoms with Gasteiger partial charge in [0.1, 0.15) is 0 Å². The summed E-state index contributed by atoms with van der Waals surface area (Å²) in [6.45, 7) is 2.92. The smallest absolute Gasteiger partial charge is 0.236 e. The van der Waals surface area contributed by atoms with E-state index in [0.29, 0.717) is 6.42 Å². The zero-order valence-electron chi connectivity index (χ0n) is 12.0. The monoisotopic (exact) mass is 317 g/mol. The van der Waals surface area contributed by atoms with Gasteiger partial charge in [0.25, 0.3) is 0 Å². The molecule has 0 saturated carbocycles. The number of rotatable bonds is 3. The van der Waals surface area contributed by atoms with Crippen molar-refractivity contribution >= 4 is 29.9 Å². The third kappa shape index (κ3) is 3.01. The Hall–Kier alpha value is -1.26. The van der Waals surface area contributed by atoms with E-state index in [-0.39, 0.29) is 17.2 Å². The van der Waals surface area contributed by atoms with E-state index in [2.05, 4.69) is 31.0 Å². The Balaban J connectivity index is 1.71. The summed E-state index contributed by atoms with van der Waals surface area (Å²) in [5.74, 6) is 0.145. The van der Waals surface area contributed by atoms with Gasteiger partial charge in [-0.15, -0.1) is 11.3 Å². The molecule has 1 amide bonds. The van der Waals surface area contributed by atoms with Crippen LogP contribution in [-0.4, -0.2) is 22.6 Å². The average molecular weight is 317 g/mol. The first-order valence-electron chi connectivity index (χ1n) is 7.25. The van der Waals surface area contributed by atoms with Gasteiger partial charge in [0, 0.05) is 11.4 Å². The van der Waals surface area contributed by atoms with Gasteiger partial charge in [-0.25, -0.2) is 0 Å². The molecule has 0 radical (unpaired) electrons. The van der Waals surface area contributed by atoms with Crippen molar-refractivity contribution in [3.8, 4) is 0 Å². The predicted octanol–water partition coefficient (Wildman–Crippen LogP) is 3.73. The van der Waals surface area contributed by atoms with Crippen LogP contribution in [0.4, 0.5) is 0 Å². The number of carbonyl (C=O) groups is 1. The zero-order valence-corrected chi connectivity index (χ0v) is 13.7. The maximum Gasteiger partial charge on any atom is 0.236 e.